The summed E-state index contributed by atoms with van der Waals surface area (Å²) < 4.78 is 10.5. The molecule has 0 unspecified atom stereocenters. The van der Waals surface area contributed by atoms with Gasteiger partial charge in [0, 0.05) is 32.4 Å². The Morgan fingerprint density at radius 1 is 0.907 bits per heavy atom. The summed E-state index contributed by atoms with van der Waals surface area (Å²) in [5.74, 6) is -3.54. The fourth-order valence-corrected chi connectivity index (χ4v) is 4.50. The third kappa shape index (κ3) is 17.5. The standard InChI is InChI=1S/C36H49N7O11/c1-35(2,3)52-33(50)41-32(42-34(51)53-36(4,5)6)39-20-10-11-26(40-30(48)24(22-37)21-23-13-15-25(44)16-14-23)31(49)38-19-9-7-8-12-29(47)54-43-27(45)17-18-28(43)46/h13-16,21,26,44H,7-12,17-20H2,1-6H3,(H,38,49)(H,40,48)(H2,39,41,42,50,51)/b24-21+/t26-/m0/s1. The van der Waals surface area contributed by atoms with E-state index in [0.29, 0.717) is 29.9 Å². The summed E-state index contributed by atoms with van der Waals surface area (Å²) in [6, 6.07) is 6.46. The van der Waals surface area contributed by atoms with Crippen LogP contribution in [0.2, 0.25) is 0 Å². The molecule has 0 bridgehead atoms. The van der Waals surface area contributed by atoms with Gasteiger partial charge in [0.1, 0.15) is 34.6 Å². The second-order valence-corrected chi connectivity index (χ2v) is 14.1. The fourth-order valence-electron chi connectivity index (χ4n) is 4.50. The van der Waals surface area contributed by atoms with Crippen LogP contribution in [-0.4, -0.2) is 88.2 Å². The maximum atomic E-state index is 13.3. The van der Waals surface area contributed by atoms with E-state index in [9.17, 15) is 43.9 Å². The lowest BCUT2D eigenvalue weighted by atomic mass is 10.1. The number of rotatable bonds is 15. The van der Waals surface area contributed by atoms with Gasteiger partial charge in [0.05, 0.1) is 0 Å². The zero-order chi connectivity index (χ0) is 40.5. The van der Waals surface area contributed by atoms with Gasteiger partial charge in [-0.05, 0) is 91.0 Å². The molecular weight excluding hydrogens is 706 g/mol. The number of carbonyl (C=O) groups excluding carboxylic acids is 7. The number of hydrogen-bond acceptors (Lipinski definition) is 12. The van der Waals surface area contributed by atoms with Gasteiger partial charge in [-0.1, -0.05) is 18.6 Å². The van der Waals surface area contributed by atoms with Crippen molar-refractivity contribution in [1.29, 1.82) is 5.26 Å². The Hall–Kier alpha value is -5.99. The highest BCUT2D eigenvalue weighted by Crippen LogP contribution is 2.15. The highest BCUT2D eigenvalue weighted by atomic mass is 16.7. The molecule has 1 heterocycles. The first kappa shape index (κ1) is 44.2. The first-order chi connectivity index (χ1) is 25.3. The number of benzene rings is 1. The van der Waals surface area contributed by atoms with E-state index in [1.54, 1.807) is 41.5 Å². The number of imide groups is 1. The maximum Gasteiger partial charge on any atom is 0.437 e. The van der Waals surface area contributed by atoms with E-state index in [4.69, 9.17) is 14.3 Å². The van der Waals surface area contributed by atoms with Crippen molar-refractivity contribution in [3.63, 3.8) is 0 Å². The lowest BCUT2D eigenvalue weighted by molar-refractivity contribution is -0.197. The molecule has 1 saturated heterocycles. The Bertz CT molecular complexity index is 1620. The molecule has 0 spiro atoms. The molecule has 1 aromatic rings. The third-order valence-electron chi connectivity index (χ3n) is 6.92. The molecule has 18 nitrogen and oxygen atoms in total. The summed E-state index contributed by atoms with van der Waals surface area (Å²) in [5, 5.41) is 30.2. The van der Waals surface area contributed by atoms with E-state index in [0.717, 1.165) is 0 Å². The van der Waals surface area contributed by atoms with Gasteiger partial charge in [-0.25, -0.2) is 14.4 Å². The molecular formula is C36H49N7O11. The van der Waals surface area contributed by atoms with Crippen LogP contribution in [0.3, 0.4) is 0 Å². The van der Waals surface area contributed by atoms with Crippen LogP contribution in [0.4, 0.5) is 9.59 Å². The van der Waals surface area contributed by atoms with Gasteiger partial charge in [-0.3, -0.25) is 24.5 Å². The van der Waals surface area contributed by atoms with Gasteiger partial charge in [0.15, 0.2) is 0 Å². The molecule has 1 fully saturated rings. The van der Waals surface area contributed by atoms with Gasteiger partial charge < -0.3 is 35.4 Å². The van der Waals surface area contributed by atoms with Crippen LogP contribution < -0.4 is 21.3 Å². The molecule has 1 aromatic carbocycles. The van der Waals surface area contributed by atoms with E-state index >= 15 is 0 Å². The number of guanidine groups is 1. The number of aliphatic imine (C=N–C) groups is 1. The summed E-state index contributed by atoms with van der Waals surface area (Å²) in [5.41, 5.74) is -1.55. The van der Waals surface area contributed by atoms with Gasteiger partial charge in [0.25, 0.3) is 17.7 Å². The lowest BCUT2D eigenvalue weighted by Crippen LogP contribution is -2.48. The van der Waals surface area contributed by atoms with Crippen LogP contribution in [0.15, 0.2) is 34.8 Å². The Morgan fingerprint density at radius 3 is 2.11 bits per heavy atom. The minimum atomic E-state index is -1.13. The molecule has 0 aliphatic carbocycles. The summed E-state index contributed by atoms with van der Waals surface area (Å²) in [7, 11) is 0. The fraction of sp³-hybridized carbons (Fsp3) is 0.528. The highest BCUT2D eigenvalue weighted by Gasteiger charge is 2.32. The van der Waals surface area contributed by atoms with E-state index in [-0.39, 0.29) is 62.5 Å². The molecule has 1 atom stereocenters. The lowest BCUT2D eigenvalue weighted by Gasteiger charge is -2.21. The van der Waals surface area contributed by atoms with E-state index in [1.165, 1.54) is 30.3 Å². The number of unbranched alkanes of at least 4 members (excludes halogenated alkanes) is 2. The molecule has 1 aliphatic rings. The number of nitrogens with one attached hydrogen (secondary N) is 4. The van der Waals surface area contributed by atoms with Crippen molar-refractivity contribution < 1.29 is 53.0 Å². The zero-order valence-electron chi connectivity index (χ0n) is 31.4. The van der Waals surface area contributed by atoms with Crippen molar-refractivity contribution in [3.8, 4) is 11.8 Å². The number of nitriles is 1. The summed E-state index contributed by atoms with van der Waals surface area (Å²) in [4.78, 5) is 95.2. The number of aromatic hydroxyl groups is 1. The number of amides is 6. The van der Waals surface area contributed by atoms with Gasteiger partial charge in [0.2, 0.25) is 11.9 Å². The molecule has 0 saturated carbocycles. The van der Waals surface area contributed by atoms with Gasteiger partial charge >= 0.3 is 18.2 Å². The summed E-state index contributed by atoms with van der Waals surface area (Å²) in [6.45, 7) is 10.1. The number of hydrogen-bond donors (Lipinski definition) is 5. The second-order valence-electron chi connectivity index (χ2n) is 14.1. The van der Waals surface area contributed by atoms with Crippen molar-refractivity contribution in [3.05, 3.63) is 35.4 Å². The average molecular weight is 756 g/mol. The number of alkyl carbamates (subject to hydrolysis) is 1. The van der Waals surface area contributed by atoms with Crippen molar-refractivity contribution >= 4 is 53.8 Å². The first-order valence-corrected chi connectivity index (χ1v) is 17.4. The van der Waals surface area contributed by atoms with Crippen LogP contribution in [0, 0.1) is 11.3 Å². The molecule has 0 aromatic heterocycles. The minimum Gasteiger partial charge on any atom is -0.508 e. The molecule has 5 N–H and O–H groups in total. The largest absolute Gasteiger partial charge is 0.508 e. The van der Waals surface area contributed by atoms with Crippen molar-refractivity contribution in [1.82, 2.24) is 26.3 Å². The molecule has 1 aliphatic heterocycles. The predicted octanol–water partition coefficient (Wildman–Crippen LogP) is 3.25. The smallest absolute Gasteiger partial charge is 0.437 e. The van der Waals surface area contributed by atoms with Crippen LogP contribution in [0.1, 0.15) is 98.5 Å². The Balaban J connectivity index is 2.06. The van der Waals surface area contributed by atoms with Crippen LogP contribution >= 0.6 is 0 Å². The van der Waals surface area contributed by atoms with Crippen LogP contribution in [0.5, 0.6) is 5.75 Å². The minimum absolute atomic E-state index is 0.00367. The predicted molar refractivity (Wildman–Crippen MR) is 193 cm³/mol. The molecule has 2 rings (SSSR count). The van der Waals surface area contributed by atoms with Crippen LogP contribution in [0.25, 0.3) is 6.08 Å². The summed E-state index contributed by atoms with van der Waals surface area (Å²) in [6.07, 6.45) is 0.860. The summed E-state index contributed by atoms with van der Waals surface area (Å²) >= 11 is 0. The Labute approximate surface area is 313 Å². The number of hydroxylamine groups is 2. The maximum absolute atomic E-state index is 13.3. The third-order valence-corrected chi connectivity index (χ3v) is 6.92. The van der Waals surface area contributed by atoms with Gasteiger partial charge in [-0.2, -0.15) is 5.26 Å². The topological polar surface area (TPSA) is 255 Å². The quantitative estimate of drug-likeness (QED) is 0.0431. The average Bonchev–Trinajstić information content (AvgIpc) is 3.37. The number of phenols is 1. The number of ether oxygens (including phenoxy) is 2. The second kappa shape index (κ2) is 20.9. The number of phenolic OH excluding ortho intramolecular Hbond substituents is 1. The van der Waals surface area contributed by atoms with Crippen molar-refractivity contribution in [2.24, 2.45) is 4.99 Å². The Morgan fingerprint density at radius 2 is 1.52 bits per heavy atom. The Kier molecular flexibility index (Phi) is 17.1. The van der Waals surface area contributed by atoms with Crippen molar-refractivity contribution in [2.45, 2.75) is 110 Å². The molecule has 6 amide bonds. The van der Waals surface area contributed by atoms with E-state index < -0.39 is 59.0 Å². The molecule has 54 heavy (non-hydrogen) atoms. The molecule has 0 radical (unpaired) electrons. The first-order valence-electron chi connectivity index (χ1n) is 17.4. The SMILES string of the molecule is CC(C)(C)OC(=O)/N=C(/NCCC[C@H](NC(=O)/C(C#N)=C/c1ccc(O)cc1)C(=O)NCCCCCC(=O)ON1C(=O)CCC1=O)NC(=O)OC(C)(C)C. The monoisotopic (exact) mass is 755 g/mol. The van der Waals surface area contributed by atoms with Gasteiger partial charge in [-0.15, -0.1) is 10.1 Å². The number of nitrogens with zero attached hydrogens (tertiary/aromatic N) is 3. The van der Waals surface area contributed by atoms with E-state index in [2.05, 4.69) is 26.3 Å². The molecule has 18 heteroatoms. The zero-order valence-corrected chi connectivity index (χ0v) is 31.4. The normalized spacial score (nSPS) is 14.1. The van der Waals surface area contributed by atoms with Crippen LogP contribution in [-0.2, 0) is 38.3 Å². The van der Waals surface area contributed by atoms with E-state index in [1.807, 2.05) is 6.07 Å². The highest BCUT2D eigenvalue weighted by molar-refractivity contribution is 6.04. The van der Waals surface area contributed by atoms with Crippen molar-refractivity contribution in [2.75, 3.05) is 13.1 Å². The number of carbonyl (C=O) groups is 7. The molecule has 294 valence electrons.